The van der Waals surface area contributed by atoms with Crippen LogP contribution in [0.5, 0.6) is 0 Å². The lowest BCUT2D eigenvalue weighted by atomic mass is 10.2. The Kier molecular flexibility index (Phi) is 4.25. The molecule has 0 saturated carbocycles. The van der Waals surface area contributed by atoms with E-state index in [4.69, 9.17) is 11.6 Å². The van der Waals surface area contributed by atoms with Gasteiger partial charge in [-0.1, -0.05) is 23.7 Å². The van der Waals surface area contributed by atoms with Gasteiger partial charge >= 0.3 is 5.97 Å². The van der Waals surface area contributed by atoms with Crippen LogP contribution in [0.2, 0.25) is 5.02 Å². The molecule has 0 aliphatic heterocycles. The van der Waals surface area contributed by atoms with Crippen molar-refractivity contribution in [3.8, 4) is 22.8 Å². The molecule has 0 spiro atoms. The Morgan fingerprint density at radius 1 is 0.957 bits per heavy atom. The Labute approximate surface area is 137 Å². The van der Waals surface area contributed by atoms with Gasteiger partial charge in [0.2, 0.25) is 0 Å². The fraction of sp³-hybridized carbons (Fsp3) is 0.0625. The first kappa shape index (κ1) is 15.1. The molecule has 23 heavy (non-hydrogen) atoms. The van der Waals surface area contributed by atoms with E-state index in [0.717, 1.165) is 5.56 Å². The van der Waals surface area contributed by atoms with E-state index in [9.17, 15) is 4.79 Å². The van der Waals surface area contributed by atoms with E-state index in [2.05, 4.69) is 24.9 Å². The van der Waals surface area contributed by atoms with Gasteiger partial charge in [0.1, 0.15) is 11.4 Å². The third-order valence-corrected chi connectivity index (χ3v) is 3.37. The van der Waals surface area contributed by atoms with Gasteiger partial charge in [-0.3, -0.25) is 4.98 Å². The summed E-state index contributed by atoms with van der Waals surface area (Å²) in [5.74, 6) is -0.0692. The van der Waals surface area contributed by atoms with Crippen molar-refractivity contribution in [1.82, 2.24) is 20.2 Å². The standard InChI is InChI=1S/C16H11ClN4O2/c1-23-16(22)11-4-7-13(18-8-11)15-19-9-14(20-21-15)10-2-5-12(17)6-3-10/h2-9H,1H3. The quantitative estimate of drug-likeness (QED) is 0.688. The zero-order chi connectivity index (χ0) is 16.2. The van der Waals surface area contributed by atoms with Crippen molar-refractivity contribution < 1.29 is 9.53 Å². The molecule has 0 saturated heterocycles. The summed E-state index contributed by atoms with van der Waals surface area (Å²) in [6.07, 6.45) is 3.03. The Bertz CT molecular complexity index is 818. The predicted octanol–water partition coefficient (Wildman–Crippen LogP) is 3.04. The normalized spacial score (nSPS) is 10.3. The first-order valence-corrected chi connectivity index (χ1v) is 7.05. The molecular formula is C16H11ClN4O2. The number of halogens is 1. The van der Waals surface area contributed by atoms with Crippen LogP contribution < -0.4 is 0 Å². The molecule has 3 rings (SSSR count). The first-order valence-electron chi connectivity index (χ1n) is 6.68. The summed E-state index contributed by atoms with van der Waals surface area (Å²) in [6.45, 7) is 0. The summed E-state index contributed by atoms with van der Waals surface area (Å²) in [4.78, 5) is 19.8. The molecule has 6 nitrogen and oxygen atoms in total. The third kappa shape index (κ3) is 3.32. The van der Waals surface area contributed by atoms with Crippen molar-refractivity contribution in [3.05, 3.63) is 59.4 Å². The number of hydrogen-bond donors (Lipinski definition) is 0. The fourth-order valence-electron chi connectivity index (χ4n) is 1.91. The number of ether oxygens (including phenoxy) is 1. The zero-order valence-electron chi connectivity index (χ0n) is 12.1. The number of rotatable bonds is 3. The highest BCUT2D eigenvalue weighted by Crippen LogP contribution is 2.19. The Morgan fingerprint density at radius 2 is 1.74 bits per heavy atom. The monoisotopic (exact) mass is 326 g/mol. The van der Waals surface area contributed by atoms with E-state index in [-0.39, 0.29) is 0 Å². The van der Waals surface area contributed by atoms with Gasteiger partial charge in [-0.2, -0.15) is 0 Å². The molecule has 2 aromatic heterocycles. The van der Waals surface area contributed by atoms with Crippen LogP contribution in [-0.4, -0.2) is 33.2 Å². The van der Waals surface area contributed by atoms with Crippen LogP contribution in [-0.2, 0) is 4.74 Å². The van der Waals surface area contributed by atoms with Crippen molar-refractivity contribution in [2.45, 2.75) is 0 Å². The second-order valence-electron chi connectivity index (χ2n) is 4.60. The van der Waals surface area contributed by atoms with Gasteiger partial charge in [0.05, 0.1) is 18.9 Å². The van der Waals surface area contributed by atoms with Crippen molar-refractivity contribution >= 4 is 17.6 Å². The molecule has 0 atom stereocenters. The lowest BCUT2D eigenvalue weighted by molar-refractivity contribution is 0.0600. The van der Waals surface area contributed by atoms with Crippen molar-refractivity contribution in [2.24, 2.45) is 0 Å². The highest BCUT2D eigenvalue weighted by molar-refractivity contribution is 6.30. The number of esters is 1. The minimum absolute atomic E-state index is 0.363. The Balaban J connectivity index is 1.84. The molecule has 0 unspecified atom stereocenters. The van der Waals surface area contributed by atoms with E-state index >= 15 is 0 Å². The Morgan fingerprint density at radius 3 is 2.30 bits per heavy atom. The van der Waals surface area contributed by atoms with Crippen LogP contribution in [0.25, 0.3) is 22.8 Å². The van der Waals surface area contributed by atoms with Crippen LogP contribution in [0.3, 0.4) is 0 Å². The molecule has 1 aromatic carbocycles. The van der Waals surface area contributed by atoms with Crippen molar-refractivity contribution in [3.63, 3.8) is 0 Å². The average Bonchev–Trinajstić information content (AvgIpc) is 2.62. The summed E-state index contributed by atoms with van der Waals surface area (Å²) >= 11 is 5.86. The number of benzene rings is 1. The molecule has 0 bridgehead atoms. The second-order valence-corrected chi connectivity index (χ2v) is 5.03. The second kappa shape index (κ2) is 6.50. The van der Waals surface area contributed by atoms with E-state index in [1.165, 1.54) is 13.3 Å². The van der Waals surface area contributed by atoms with Crippen LogP contribution >= 0.6 is 11.6 Å². The molecule has 2 heterocycles. The van der Waals surface area contributed by atoms with Crippen LogP contribution in [0.1, 0.15) is 10.4 Å². The molecule has 0 amide bonds. The molecule has 0 aliphatic carbocycles. The van der Waals surface area contributed by atoms with Crippen LogP contribution in [0.15, 0.2) is 48.8 Å². The van der Waals surface area contributed by atoms with Crippen LogP contribution in [0, 0.1) is 0 Å². The van der Waals surface area contributed by atoms with Crippen LogP contribution in [0.4, 0.5) is 0 Å². The summed E-state index contributed by atoms with van der Waals surface area (Å²) in [5.41, 5.74) is 2.39. The molecule has 7 heteroatoms. The topological polar surface area (TPSA) is 77.9 Å². The number of nitrogens with zero attached hydrogens (tertiary/aromatic N) is 4. The van der Waals surface area contributed by atoms with Crippen molar-refractivity contribution in [1.29, 1.82) is 0 Å². The fourth-order valence-corrected chi connectivity index (χ4v) is 2.04. The molecular weight excluding hydrogens is 316 g/mol. The molecule has 0 N–H and O–H groups in total. The molecule has 3 aromatic rings. The minimum atomic E-state index is -0.443. The highest BCUT2D eigenvalue weighted by atomic mass is 35.5. The van der Waals surface area contributed by atoms with Gasteiger partial charge in [-0.05, 0) is 24.3 Å². The number of methoxy groups -OCH3 is 1. The van der Waals surface area contributed by atoms with Crippen molar-refractivity contribution in [2.75, 3.05) is 7.11 Å². The smallest absolute Gasteiger partial charge is 0.339 e. The number of pyridine rings is 1. The predicted molar refractivity (Wildman–Crippen MR) is 84.8 cm³/mol. The van der Waals surface area contributed by atoms with Gasteiger partial charge < -0.3 is 4.74 Å². The van der Waals surface area contributed by atoms with E-state index in [1.54, 1.807) is 30.5 Å². The highest BCUT2D eigenvalue weighted by Gasteiger charge is 2.09. The minimum Gasteiger partial charge on any atom is -0.465 e. The number of carbonyl (C=O) groups is 1. The molecule has 0 aliphatic rings. The first-order chi connectivity index (χ1) is 11.2. The van der Waals surface area contributed by atoms with Gasteiger partial charge in [-0.15, -0.1) is 10.2 Å². The molecule has 0 fully saturated rings. The largest absolute Gasteiger partial charge is 0.465 e. The number of carbonyl (C=O) groups excluding carboxylic acids is 1. The van der Waals surface area contributed by atoms with E-state index < -0.39 is 5.97 Å². The summed E-state index contributed by atoms with van der Waals surface area (Å²) in [7, 11) is 1.32. The maximum absolute atomic E-state index is 11.4. The third-order valence-electron chi connectivity index (χ3n) is 3.12. The Hall–Kier alpha value is -2.86. The van der Waals surface area contributed by atoms with Gasteiger partial charge in [0.15, 0.2) is 5.82 Å². The number of hydrogen-bond acceptors (Lipinski definition) is 6. The van der Waals surface area contributed by atoms with Gasteiger partial charge in [-0.25, -0.2) is 9.78 Å². The van der Waals surface area contributed by atoms with Gasteiger partial charge in [0, 0.05) is 16.8 Å². The van der Waals surface area contributed by atoms with E-state index in [0.29, 0.717) is 27.8 Å². The molecule has 0 radical (unpaired) electrons. The number of aromatic nitrogens is 4. The summed E-state index contributed by atoms with van der Waals surface area (Å²) in [5, 5.41) is 8.87. The zero-order valence-corrected chi connectivity index (χ0v) is 12.9. The SMILES string of the molecule is COC(=O)c1ccc(-c2ncc(-c3ccc(Cl)cc3)nn2)nc1. The maximum atomic E-state index is 11.4. The van der Waals surface area contributed by atoms with Gasteiger partial charge in [0.25, 0.3) is 0 Å². The molecule has 114 valence electrons. The summed E-state index contributed by atoms with van der Waals surface area (Å²) in [6, 6.07) is 10.5. The average molecular weight is 327 g/mol. The van der Waals surface area contributed by atoms with E-state index in [1.807, 2.05) is 12.1 Å². The maximum Gasteiger partial charge on any atom is 0.339 e. The summed E-state index contributed by atoms with van der Waals surface area (Å²) < 4.78 is 4.62. The lowest BCUT2D eigenvalue weighted by Crippen LogP contribution is -2.02. The lowest BCUT2D eigenvalue weighted by Gasteiger charge is -2.03.